The Hall–Kier alpha value is -2.09. The van der Waals surface area contributed by atoms with Crippen molar-refractivity contribution in [1.29, 1.82) is 0 Å². The van der Waals surface area contributed by atoms with E-state index in [4.69, 9.17) is 18.4 Å². The van der Waals surface area contributed by atoms with Gasteiger partial charge in [-0.3, -0.25) is 4.18 Å². The van der Waals surface area contributed by atoms with Gasteiger partial charge in [0.05, 0.1) is 32.3 Å². The molecule has 2 aromatic rings. The average Bonchev–Trinajstić information content (AvgIpc) is 3.08. The minimum Gasteiger partial charge on any atom is -0.493 e. The molecule has 146 valence electrons. The van der Waals surface area contributed by atoms with Gasteiger partial charge in [-0.25, -0.2) is 0 Å². The summed E-state index contributed by atoms with van der Waals surface area (Å²) in [7, 11) is -0.665. The van der Waals surface area contributed by atoms with Gasteiger partial charge in [-0.05, 0) is 43.2 Å². The van der Waals surface area contributed by atoms with Crippen molar-refractivity contribution in [3.8, 4) is 11.5 Å². The number of ether oxygens (including phenoxy) is 3. The first-order valence-corrected chi connectivity index (χ1v) is 10.1. The number of hydrogen-bond donors (Lipinski definition) is 0. The van der Waals surface area contributed by atoms with E-state index in [0.717, 1.165) is 11.1 Å². The molecule has 0 aromatic heterocycles. The maximum Gasteiger partial charge on any atom is 0.297 e. The summed E-state index contributed by atoms with van der Waals surface area (Å²) in [5.74, 6) is 1.22. The Morgan fingerprint density at radius 1 is 1.00 bits per heavy atom. The van der Waals surface area contributed by atoms with Crippen LogP contribution in [0.15, 0.2) is 47.4 Å². The van der Waals surface area contributed by atoms with Crippen molar-refractivity contribution in [2.45, 2.75) is 24.3 Å². The Bertz CT molecular complexity index is 876. The van der Waals surface area contributed by atoms with Crippen LogP contribution in [0.3, 0.4) is 0 Å². The topological polar surface area (TPSA) is 71.1 Å². The summed E-state index contributed by atoms with van der Waals surface area (Å²) < 4.78 is 46.7. The molecule has 1 aliphatic heterocycles. The van der Waals surface area contributed by atoms with Crippen LogP contribution in [-0.4, -0.2) is 42.0 Å². The van der Waals surface area contributed by atoms with Crippen molar-refractivity contribution in [1.82, 2.24) is 0 Å². The predicted octanol–water partition coefficient (Wildman–Crippen LogP) is 2.98. The van der Waals surface area contributed by atoms with E-state index in [-0.39, 0.29) is 17.4 Å². The van der Waals surface area contributed by atoms with Crippen LogP contribution in [0.1, 0.15) is 11.1 Å². The van der Waals surface area contributed by atoms with Crippen LogP contribution in [0.4, 0.5) is 0 Å². The second-order valence-electron chi connectivity index (χ2n) is 6.59. The highest BCUT2D eigenvalue weighted by molar-refractivity contribution is 7.86. The molecular weight excluding hydrogens is 368 g/mol. The minimum atomic E-state index is -3.83. The van der Waals surface area contributed by atoms with Crippen molar-refractivity contribution in [3.05, 3.63) is 53.6 Å². The maximum absolute atomic E-state index is 12.6. The molecule has 2 atom stereocenters. The summed E-state index contributed by atoms with van der Waals surface area (Å²) in [4.78, 5) is 0.157. The Kier molecular flexibility index (Phi) is 6.04. The fourth-order valence-electron chi connectivity index (χ4n) is 3.11. The fourth-order valence-corrected chi connectivity index (χ4v) is 4.23. The van der Waals surface area contributed by atoms with Gasteiger partial charge in [0.1, 0.15) is 6.10 Å². The first kappa shape index (κ1) is 19.7. The average molecular weight is 392 g/mol. The highest BCUT2D eigenvalue weighted by atomic mass is 32.2. The Morgan fingerprint density at radius 3 is 2.37 bits per heavy atom. The van der Waals surface area contributed by atoms with E-state index >= 15 is 0 Å². The lowest BCUT2D eigenvalue weighted by Crippen LogP contribution is -2.27. The predicted molar refractivity (Wildman–Crippen MR) is 101 cm³/mol. The van der Waals surface area contributed by atoms with Gasteiger partial charge in [0, 0.05) is 5.92 Å². The maximum atomic E-state index is 12.6. The van der Waals surface area contributed by atoms with Crippen LogP contribution in [-0.2, 0) is 25.5 Å². The Balaban J connectivity index is 1.73. The molecule has 0 radical (unpaired) electrons. The van der Waals surface area contributed by atoms with E-state index in [2.05, 4.69) is 0 Å². The highest BCUT2D eigenvalue weighted by Crippen LogP contribution is 2.31. The van der Waals surface area contributed by atoms with E-state index in [0.29, 0.717) is 24.5 Å². The first-order valence-electron chi connectivity index (χ1n) is 8.71. The van der Waals surface area contributed by atoms with E-state index in [1.807, 2.05) is 25.1 Å². The molecule has 1 heterocycles. The lowest BCUT2D eigenvalue weighted by Gasteiger charge is -2.19. The molecular formula is C20H24O6S. The summed E-state index contributed by atoms with van der Waals surface area (Å²) in [6.07, 6.45) is 0.0958. The van der Waals surface area contributed by atoms with Crippen LogP contribution < -0.4 is 9.47 Å². The van der Waals surface area contributed by atoms with Crippen molar-refractivity contribution in [3.63, 3.8) is 0 Å². The summed E-state index contributed by atoms with van der Waals surface area (Å²) in [5, 5.41) is 0. The molecule has 0 saturated carbocycles. The van der Waals surface area contributed by atoms with Gasteiger partial charge in [0.2, 0.25) is 0 Å². The Morgan fingerprint density at radius 2 is 1.70 bits per heavy atom. The number of aryl methyl sites for hydroxylation is 1. The molecule has 6 nitrogen and oxygen atoms in total. The zero-order chi connectivity index (χ0) is 19.4. The molecule has 1 saturated heterocycles. The molecule has 0 spiro atoms. The fraction of sp³-hybridized carbons (Fsp3) is 0.400. The van der Waals surface area contributed by atoms with Crippen molar-refractivity contribution >= 4 is 10.1 Å². The molecule has 0 aliphatic carbocycles. The summed E-state index contributed by atoms with van der Waals surface area (Å²) >= 11 is 0. The van der Waals surface area contributed by atoms with E-state index < -0.39 is 16.2 Å². The molecule has 7 heteroatoms. The van der Waals surface area contributed by atoms with Gasteiger partial charge < -0.3 is 14.2 Å². The monoisotopic (exact) mass is 392 g/mol. The van der Waals surface area contributed by atoms with Crippen LogP contribution in [0.5, 0.6) is 11.5 Å². The standard InChI is InChI=1S/C20H24O6S/c1-14-4-7-17(8-5-14)27(21,22)26-20-13-25-12-16(20)10-15-6-9-18(23-2)19(11-15)24-3/h4-9,11,16,20H,10,12-13H2,1-3H3/t16-,20+/m1/s1. The lowest BCUT2D eigenvalue weighted by atomic mass is 9.96. The second-order valence-corrected chi connectivity index (χ2v) is 8.16. The summed E-state index contributed by atoms with van der Waals surface area (Å²) in [6, 6.07) is 12.3. The molecule has 3 rings (SSSR count). The number of rotatable bonds is 7. The summed E-state index contributed by atoms with van der Waals surface area (Å²) in [6.45, 7) is 2.60. The smallest absolute Gasteiger partial charge is 0.297 e. The first-order chi connectivity index (χ1) is 12.9. The molecule has 0 N–H and O–H groups in total. The summed E-state index contributed by atoms with van der Waals surface area (Å²) in [5.41, 5.74) is 1.99. The quantitative estimate of drug-likeness (QED) is 0.675. The number of hydrogen-bond acceptors (Lipinski definition) is 6. The SMILES string of the molecule is COc1ccc(C[C@@H]2COC[C@@H]2OS(=O)(=O)c2ccc(C)cc2)cc1OC. The Labute approximate surface area is 160 Å². The van der Waals surface area contributed by atoms with Crippen molar-refractivity contribution in [2.24, 2.45) is 5.92 Å². The third-order valence-electron chi connectivity index (χ3n) is 4.65. The lowest BCUT2D eigenvalue weighted by molar-refractivity contribution is 0.142. The van der Waals surface area contributed by atoms with Gasteiger partial charge in [-0.1, -0.05) is 23.8 Å². The van der Waals surface area contributed by atoms with Crippen LogP contribution >= 0.6 is 0 Å². The molecule has 1 aliphatic rings. The molecule has 2 aromatic carbocycles. The molecule has 0 unspecified atom stereocenters. The van der Waals surface area contributed by atoms with Gasteiger partial charge in [0.25, 0.3) is 10.1 Å². The van der Waals surface area contributed by atoms with Crippen LogP contribution in [0.2, 0.25) is 0 Å². The molecule has 1 fully saturated rings. The van der Waals surface area contributed by atoms with E-state index in [1.165, 1.54) is 0 Å². The van der Waals surface area contributed by atoms with E-state index in [1.54, 1.807) is 38.5 Å². The largest absolute Gasteiger partial charge is 0.493 e. The normalized spacial score (nSPS) is 19.8. The van der Waals surface area contributed by atoms with Gasteiger partial charge >= 0.3 is 0 Å². The second kappa shape index (κ2) is 8.29. The van der Waals surface area contributed by atoms with Crippen molar-refractivity contribution < 1.29 is 26.8 Å². The van der Waals surface area contributed by atoms with E-state index in [9.17, 15) is 8.42 Å². The van der Waals surface area contributed by atoms with Crippen molar-refractivity contribution in [2.75, 3.05) is 27.4 Å². The van der Waals surface area contributed by atoms with Crippen LogP contribution in [0.25, 0.3) is 0 Å². The highest BCUT2D eigenvalue weighted by Gasteiger charge is 2.34. The third kappa shape index (κ3) is 4.61. The zero-order valence-corrected chi connectivity index (χ0v) is 16.5. The molecule has 0 amide bonds. The third-order valence-corrected chi connectivity index (χ3v) is 6.00. The van der Waals surface area contributed by atoms with Gasteiger partial charge in [-0.15, -0.1) is 0 Å². The number of benzene rings is 2. The number of methoxy groups -OCH3 is 2. The zero-order valence-electron chi connectivity index (χ0n) is 15.7. The minimum absolute atomic E-state index is 0.0664. The van der Waals surface area contributed by atoms with Gasteiger partial charge in [0.15, 0.2) is 11.5 Å². The van der Waals surface area contributed by atoms with Crippen LogP contribution in [0, 0.1) is 12.8 Å². The molecule has 27 heavy (non-hydrogen) atoms. The molecule has 0 bridgehead atoms. The van der Waals surface area contributed by atoms with Gasteiger partial charge in [-0.2, -0.15) is 8.42 Å².